The lowest BCUT2D eigenvalue weighted by Gasteiger charge is -2.07. The molecule has 0 aliphatic rings. The van der Waals surface area contributed by atoms with E-state index in [9.17, 15) is 4.79 Å². The first-order valence-electron chi connectivity index (χ1n) is 8.73. The van der Waals surface area contributed by atoms with Gasteiger partial charge >= 0.3 is 0 Å². The molecule has 1 amide bonds. The van der Waals surface area contributed by atoms with E-state index in [4.69, 9.17) is 20.8 Å². The van der Waals surface area contributed by atoms with E-state index in [-0.39, 0.29) is 12.5 Å². The third kappa shape index (κ3) is 4.00. The lowest BCUT2D eigenvalue weighted by atomic mass is 10.1. The van der Waals surface area contributed by atoms with Crippen molar-refractivity contribution in [3.63, 3.8) is 0 Å². The minimum atomic E-state index is -0.270. The maximum atomic E-state index is 12.2. The van der Waals surface area contributed by atoms with Crippen molar-refractivity contribution in [2.24, 2.45) is 0 Å². The fraction of sp³-hybridized carbons (Fsp3) is 0.0909. The molecule has 1 N–H and O–H groups in total. The van der Waals surface area contributed by atoms with Crippen LogP contribution in [0.25, 0.3) is 22.6 Å². The highest BCUT2D eigenvalue weighted by molar-refractivity contribution is 6.30. The molecule has 0 saturated carbocycles. The molecule has 0 bridgehead atoms. The van der Waals surface area contributed by atoms with Crippen molar-refractivity contribution in [1.29, 1.82) is 0 Å². The van der Waals surface area contributed by atoms with Crippen LogP contribution in [0.2, 0.25) is 5.02 Å². The fourth-order valence-electron chi connectivity index (χ4n) is 2.81. The van der Waals surface area contributed by atoms with Crippen molar-refractivity contribution in [3.8, 4) is 17.2 Å². The number of carbonyl (C=O) groups is 1. The second-order valence-corrected chi connectivity index (χ2v) is 6.74. The van der Waals surface area contributed by atoms with Crippen LogP contribution in [0.5, 0.6) is 5.75 Å². The number of benzene rings is 3. The minimum absolute atomic E-state index is 0.107. The van der Waals surface area contributed by atoms with E-state index in [1.54, 1.807) is 36.4 Å². The molecule has 0 spiro atoms. The van der Waals surface area contributed by atoms with Crippen molar-refractivity contribution >= 4 is 34.3 Å². The Labute approximate surface area is 166 Å². The van der Waals surface area contributed by atoms with Crippen LogP contribution in [-0.2, 0) is 4.79 Å². The maximum absolute atomic E-state index is 12.2. The summed E-state index contributed by atoms with van der Waals surface area (Å²) in [6.45, 7) is 1.90. The SMILES string of the molecule is Cc1ccccc1-c1nc2ccc(NC(=O)COc3ccc(Cl)cc3)cc2o1. The lowest BCUT2D eigenvalue weighted by Crippen LogP contribution is -2.20. The molecule has 5 nitrogen and oxygen atoms in total. The monoisotopic (exact) mass is 392 g/mol. The Balaban J connectivity index is 1.46. The van der Waals surface area contributed by atoms with Crippen LogP contribution in [0.3, 0.4) is 0 Å². The first kappa shape index (κ1) is 18.1. The number of aryl methyl sites for hydroxylation is 1. The molecule has 4 rings (SSSR count). The molecule has 0 saturated heterocycles. The van der Waals surface area contributed by atoms with Gasteiger partial charge in [0.05, 0.1) is 0 Å². The highest BCUT2D eigenvalue weighted by atomic mass is 35.5. The largest absolute Gasteiger partial charge is 0.484 e. The molecule has 0 fully saturated rings. The summed E-state index contributed by atoms with van der Waals surface area (Å²) in [4.78, 5) is 16.7. The zero-order valence-corrected chi connectivity index (χ0v) is 15.9. The van der Waals surface area contributed by atoms with E-state index in [1.165, 1.54) is 0 Å². The zero-order valence-electron chi connectivity index (χ0n) is 15.1. The number of hydrogen-bond acceptors (Lipinski definition) is 4. The fourth-order valence-corrected chi connectivity index (χ4v) is 2.93. The summed E-state index contributed by atoms with van der Waals surface area (Å²) >= 11 is 5.83. The first-order valence-corrected chi connectivity index (χ1v) is 9.11. The van der Waals surface area contributed by atoms with E-state index in [1.807, 2.05) is 37.3 Å². The summed E-state index contributed by atoms with van der Waals surface area (Å²) < 4.78 is 11.3. The van der Waals surface area contributed by atoms with E-state index in [0.717, 1.165) is 16.6 Å². The minimum Gasteiger partial charge on any atom is -0.484 e. The number of anilines is 1. The van der Waals surface area contributed by atoms with Gasteiger partial charge in [0.25, 0.3) is 5.91 Å². The van der Waals surface area contributed by atoms with E-state index < -0.39 is 0 Å². The number of halogens is 1. The van der Waals surface area contributed by atoms with Gasteiger partial charge < -0.3 is 14.5 Å². The van der Waals surface area contributed by atoms with E-state index in [2.05, 4.69) is 10.3 Å². The number of oxazole rings is 1. The highest BCUT2D eigenvalue weighted by Crippen LogP contribution is 2.28. The van der Waals surface area contributed by atoms with Crippen LogP contribution in [0.1, 0.15) is 5.56 Å². The van der Waals surface area contributed by atoms with Gasteiger partial charge in [-0.3, -0.25) is 4.79 Å². The average Bonchev–Trinajstić information content (AvgIpc) is 3.11. The Morgan fingerprint density at radius 2 is 1.89 bits per heavy atom. The van der Waals surface area contributed by atoms with Crippen molar-refractivity contribution in [2.75, 3.05) is 11.9 Å². The number of hydrogen-bond donors (Lipinski definition) is 1. The van der Waals surface area contributed by atoms with Gasteiger partial charge in [0.2, 0.25) is 5.89 Å². The topological polar surface area (TPSA) is 64.4 Å². The zero-order chi connectivity index (χ0) is 19.5. The van der Waals surface area contributed by atoms with Crippen molar-refractivity contribution in [1.82, 2.24) is 4.98 Å². The Morgan fingerprint density at radius 1 is 1.11 bits per heavy atom. The van der Waals surface area contributed by atoms with Crippen LogP contribution in [0.4, 0.5) is 5.69 Å². The number of ether oxygens (including phenoxy) is 1. The quantitative estimate of drug-likeness (QED) is 0.488. The van der Waals surface area contributed by atoms with Gasteiger partial charge in [0.1, 0.15) is 11.3 Å². The number of nitrogens with one attached hydrogen (secondary N) is 1. The van der Waals surface area contributed by atoms with Crippen molar-refractivity contribution < 1.29 is 13.9 Å². The number of aromatic nitrogens is 1. The maximum Gasteiger partial charge on any atom is 0.262 e. The number of nitrogens with zero attached hydrogens (tertiary/aromatic N) is 1. The smallest absolute Gasteiger partial charge is 0.262 e. The predicted octanol–water partition coefficient (Wildman–Crippen LogP) is 5.47. The van der Waals surface area contributed by atoms with Crippen molar-refractivity contribution in [3.05, 3.63) is 77.3 Å². The summed E-state index contributed by atoms with van der Waals surface area (Å²) in [6, 6.07) is 20.1. The number of rotatable bonds is 5. The molecule has 0 unspecified atom stereocenters. The molecule has 1 aromatic heterocycles. The summed E-state index contributed by atoms with van der Waals surface area (Å²) in [6.07, 6.45) is 0. The van der Waals surface area contributed by atoms with Gasteiger partial charge in [-0.1, -0.05) is 29.8 Å². The van der Waals surface area contributed by atoms with Crippen LogP contribution in [0.15, 0.2) is 71.1 Å². The molecule has 0 radical (unpaired) electrons. The Morgan fingerprint density at radius 3 is 2.68 bits per heavy atom. The van der Waals surface area contributed by atoms with Crippen LogP contribution in [-0.4, -0.2) is 17.5 Å². The van der Waals surface area contributed by atoms with Crippen LogP contribution < -0.4 is 10.1 Å². The standard InChI is InChI=1S/C22H17ClN2O3/c1-14-4-2-3-5-18(14)22-25-19-11-8-16(12-20(19)28-22)24-21(26)13-27-17-9-6-15(23)7-10-17/h2-12H,13H2,1H3,(H,24,26). The summed E-state index contributed by atoms with van der Waals surface area (Å²) in [5.41, 5.74) is 3.98. The Bertz CT molecular complexity index is 1140. The van der Waals surface area contributed by atoms with Crippen LogP contribution in [0, 0.1) is 6.92 Å². The second kappa shape index (κ2) is 7.74. The lowest BCUT2D eigenvalue weighted by molar-refractivity contribution is -0.118. The second-order valence-electron chi connectivity index (χ2n) is 6.31. The van der Waals surface area contributed by atoms with E-state index >= 15 is 0 Å². The molecule has 140 valence electrons. The predicted molar refractivity (Wildman–Crippen MR) is 110 cm³/mol. The number of amides is 1. The van der Waals surface area contributed by atoms with Gasteiger partial charge in [-0.15, -0.1) is 0 Å². The molecule has 28 heavy (non-hydrogen) atoms. The first-order chi connectivity index (χ1) is 13.6. The Hall–Kier alpha value is -3.31. The summed E-state index contributed by atoms with van der Waals surface area (Å²) in [7, 11) is 0. The van der Waals surface area contributed by atoms with Gasteiger partial charge in [0.15, 0.2) is 12.2 Å². The third-order valence-electron chi connectivity index (χ3n) is 4.23. The van der Waals surface area contributed by atoms with Crippen molar-refractivity contribution in [2.45, 2.75) is 6.92 Å². The molecular weight excluding hydrogens is 376 g/mol. The van der Waals surface area contributed by atoms with Gasteiger partial charge in [-0.05, 0) is 55.0 Å². The molecular formula is C22H17ClN2O3. The normalized spacial score (nSPS) is 10.8. The van der Waals surface area contributed by atoms with Gasteiger partial charge in [-0.2, -0.15) is 0 Å². The Kier molecular flexibility index (Phi) is 5.00. The molecule has 6 heteroatoms. The third-order valence-corrected chi connectivity index (χ3v) is 4.48. The summed E-state index contributed by atoms with van der Waals surface area (Å²) in [5.74, 6) is 0.865. The van der Waals surface area contributed by atoms with Gasteiger partial charge in [-0.25, -0.2) is 4.98 Å². The van der Waals surface area contributed by atoms with E-state index in [0.29, 0.717) is 27.9 Å². The molecule has 0 aliphatic heterocycles. The van der Waals surface area contributed by atoms with Gasteiger partial charge in [0, 0.05) is 22.3 Å². The average molecular weight is 393 g/mol. The molecule has 1 heterocycles. The van der Waals surface area contributed by atoms with Crippen LogP contribution >= 0.6 is 11.6 Å². The molecule has 4 aromatic rings. The highest BCUT2D eigenvalue weighted by Gasteiger charge is 2.11. The number of carbonyl (C=O) groups excluding carboxylic acids is 1. The molecule has 3 aromatic carbocycles. The number of fused-ring (bicyclic) bond motifs is 1. The summed E-state index contributed by atoms with van der Waals surface area (Å²) in [5, 5.41) is 3.41. The molecule has 0 atom stereocenters. The molecule has 0 aliphatic carbocycles.